The molecule has 156 valence electrons. The molecule has 2 aromatic heterocycles. The van der Waals surface area contributed by atoms with Gasteiger partial charge in [-0.3, -0.25) is 0 Å². The quantitative estimate of drug-likeness (QED) is 0.647. The second-order valence-corrected chi connectivity index (χ2v) is 8.43. The maximum absolute atomic E-state index is 12.2. The van der Waals surface area contributed by atoms with Crippen LogP contribution in [0.4, 0.5) is 20.7 Å². The number of benzene rings is 1. The predicted octanol–water partition coefficient (Wildman–Crippen LogP) is 3.82. The van der Waals surface area contributed by atoms with Crippen LogP contribution in [-0.2, 0) is 4.74 Å². The van der Waals surface area contributed by atoms with Crippen LogP contribution in [0.1, 0.15) is 12.8 Å². The van der Waals surface area contributed by atoms with Gasteiger partial charge in [-0.05, 0) is 48.6 Å². The number of rotatable bonds is 5. The molecule has 2 aliphatic rings. The third-order valence-corrected chi connectivity index (χ3v) is 6.31. The number of alkyl halides is 1. The average Bonchev–Trinajstić information content (AvgIpc) is 3.37. The van der Waals surface area contributed by atoms with Gasteiger partial charge < -0.3 is 20.3 Å². The third-order valence-electron chi connectivity index (χ3n) is 5.41. The number of aromatic nitrogens is 2. The number of thiophene rings is 1. The SMILES string of the molecule is O=C(NCCF)Nc1ccc(-c2nc(N3CC4CCC(C3)O4)c3sccc3n2)cc1. The Morgan fingerprint density at radius 2 is 1.93 bits per heavy atom. The fourth-order valence-corrected chi connectivity index (χ4v) is 4.87. The molecular weight excluding hydrogens is 405 g/mol. The van der Waals surface area contributed by atoms with Crippen molar-refractivity contribution in [2.45, 2.75) is 25.0 Å². The van der Waals surface area contributed by atoms with Crippen molar-refractivity contribution in [2.75, 3.05) is 36.5 Å². The number of amides is 2. The zero-order chi connectivity index (χ0) is 20.5. The molecule has 2 fully saturated rings. The van der Waals surface area contributed by atoms with E-state index in [9.17, 15) is 9.18 Å². The van der Waals surface area contributed by atoms with Crippen molar-refractivity contribution >= 4 is 39.1 Å². The summed E-state index contributed by atoms with van der Waals surface area (Å²) in [5.74, 6) is 1.63. The fourth-order valence-electron chi connectivity index (χ4n) is 4.02. The number of nitrogens with one attached hydrogen (secondary N) is 2. The number of fused-ring (bicyclic) bond motifs is 3. The number of ether oxygens (including phenoxy) is 1. The molecule has 1 aromatic carbocycles. The average molecular weight is 428 g/mol. The van der Waals surface area contributed by atoms with E-state index in [2.05, 4.69) is 15.5 Å². The lowest BCUT2D eigenvalue weighted by Crippen LogP contribution is -2.43. The van der Waals surface area contributed by atoms with Crippen LogP contribution in [0.15, 0.2) is 35.7 Å². The van der Waals surface area contributed by atoms with Crippen molar-refractivity contribution in [3.8, 4) is 11.4 Å². The number of carbonyl (C=O) groups excluding carboxylic acids is 1. The number of urea groups is 1. The van der Waals surface area contributed by atoms with Crippen molar-refractivity contribution in [3.05, 3.63) is 35.7 Å². The van der Waals surface area contributed by atoms with Crippen LogP contribution in [0, 0.1) is 0 Å². The van der Waals surface area contributed by atoms with Crippen LogP contribution in [0.3, 0.4) is 0 Å². The first-order valence-electron chi connectivity index (χ1n) is 10.1. The largest absolute Gasteiger partial charge is 0.371 e. The third kappa shape index (κ3) is 3.82. The molecule has 0 aliphatic carbocycles. The Kier molecular flexibility index (Phi) is 5.22. The van der Waals surface area contributed by atoms with E-state index in [1.54, 1.807) is 23.5 Å². The smallest absolute Gasteiger partial charge is 0.319 e. The Hall–Kier alpha value is -2.78. The minimum atomic E-state index is -0.596. The van der Waals surface area contributed by atoms with E-state index in [1.165, 1.54) is 0 Å². The maximum atomic E-state index is 12.2. The molecule has 2 aliphatic heterocycles. The normalized spacial score (nSPS) is 20.5. The highest BCUT2D eigenvalue weighted by Crippen LogP contribution is 2.35. The zero-order valence-corrected chi connectivity index (χ0v) is 17.1. The lowest BCUT2D eigenvalue weighted by Gasteiger charge is -2.33. The number of carbonyl (C=O) groups is 1. The first-order valence-corrected chi connectivity index (χ1v) is 10.9. The van der Waals surface area contributed by atoms with Crippen LogP contribution in [0.5, 0.6) is 0 Å². The van der Waals surface area contributed by atoms with Gasteiger partial charge in [0, 0.05) is 30.9 Å². The molecule has 2 atom stereocenters. The van der Waals surface area contributed by atoms with Gasteiger partial charge in [-0.2, -0.15) is 0 Å². The van der Waals surface area contributed by atoms with Gasteiger partial charge in [0.05, 0.1) is 22.4 Å². The molecule has 2 N–H and O–H groups in total. The minimum Gasteiger partial charge on any atom is -0.371 e. The van der Waals surface area contributed by atoms with Crippen LogP contribution >= 0.6 is 11.3 Å². The maximum Gasteiger partial charge on any atom is 0.319 e. The summed E-state index contributed by atoms with van der Waals surface area (Å²) in [5, 5.41) is 7.16. The lowest BCUT2D eigenvalue weighted by molar-refractivity contribution is 0.0303. The van der Waals surface area contributed by atoms with Gasteiger partial charge in [-0.15, -0.1) is 11.3 Å². The van der Waals surface area contributed by atoms with E-state index >= 15 is 0 Å². The first kappa shape index (κ1) is 19.2. The van der Waals surface area contributed by atoms with Gasteiger partial charge in [-0.1, -0.05) is 0 Å². The molecule has 9 heteroatoms. The highest BCUT2D eigenvalue weighted by Gasteiger charge is 2.35. The molecule has 0 spiro atoms. The van der Waals surface area contributed by atoms with Crippen molar-refractivity contribution < 1.29 is 13.9 Å². The van der Waals surface area contributed by atoms with Gasteiger partial charge in [0.25, 0.3) is 0 Å². The van der Waals surface area contributed by atoms with Crippen molar-refractivity contribution in [2.24, 2.45) is 0 Å². The minimum absolute atomic E-state index is 0.00948. The molecule has 0 saturated carbocycles. The predicted molar refractivity (Wildman–Crippen MR) is 116 cm³/mol. The number of hydrogen-bond acceptors (Lipinski definition) is 6. The Morgan fingerprint density at radius 1 is 1.17 bits per heavy atom. The molecule has 3 aromatic rings. The van der Waals surface area contributed by atoms with Crippen LogP contribution in [0.2, 0.25) is 0 Å². The highest BCUT2D eigenvalue weighted by molar-refractivity contribution is 7.17. The molecule has 4 heterocycles. The van der Waals surface area contributed by atoms with Crippen molar-refractivity contribution in [3.63, 3.8) is 0 Å². The molecule has 30 heavy (non-hydrogen) atoms. The number of hydrogen-bond donors (Lipinski definition) is 2. The lowest BCUT2D eigenvalue weighted by atomic mass is 10.2. The summed E-state index contributed by atoms with van der Waals surface area (Å²) in [7, 11) is 0. The van der Waals surface area contributed by atoms with Gasteiger partial charge in [0.2, 0.25) is 0 Å². The van der Waals surface area contributed by atoms with E-state index in [4.69, 9.17) is 14.7 Å². The molecule has 7 nitrogen and oxygen atoms in total. The second-order valence-electron chi connectivity index (χ2n) is 7.52. The molecule has 0 radical (unpaired) electrons. The summed E-state index contributed by atoms with van der Waals surface area (Å²) in [6.07, 6.45) is 2.79. The Labute approximate surface area is 177 Å². The monoisotopic (exact) mass is 427 g/mol. The molecule has 2 unspecified atom stereocenters. The molecule has 2 amide bonds. The fraction of sp³-hybridized carbons (Fsp3) is 0.381. The van der Waals surface area contributed by atoms with E-state index < -0.39 is 12.7 Å². The van der Waals surface area contributed by atoms with E-state index in [0.717, 1.165) is 47.5 Å². The molecule has 2 bridgehead atoms. The van der Waals surface area contributed by atoms with Crippen LogP contribution < -0.4 is 15.5 Å². The van der Waals surface area contributed by atoms with Crippen LogP contribution in [-0.4, -0.2) is 54.5 Å². The van der Waals surface area contributed by atoms with E-state index in [1.807, 2.05) is 23.6 Å². The molecular formula is C21H22FN5O2S. The summed E-state index contributed by atoms with van der Waals surface area (Å²) in [6.45, 7) is 1.11. The number of halogens is 1. The summed E-state index contributed by atoms with van der Waals surface area (Å²) in [5.41, 5.74) is 2.43. The van der Waals surface area contributed by atoms with Crippen LogP contribution in [0.25, 0.3) is 21.6 Å². The molecule has 5 rings (SSSR count). The Morgan fingerprint density at radius 3 is 2.67 bits per heavy atom. The highest BCUT2D eigenvalue weighted by atomic mass is 32.1. The standard InChI is InChI=1S/C21H22FN5O2S/c22-8-9-23-21(28)24-14-3-1-13(2-4-14)19-25-17-7-10-30-18(17)20(26-19)27-11-15-5-6-16(12-27)29-15/h1-4,7,10,15-16H,5-6,8-9,11-12H2,(H2,23,24,28). The van der Waals surface area contributed by atoms with Gasteiger partial charge in [-0.25, -0.2) is 19.2 Å². The second kappa shape index (κ2) is 8.16. The summed E-state index contributed by atoms with van der Waals surface area (Å²) in [4.78, 5) is 23.7. The first-order chi connectivity index (χ1) is 14.7. The number of anilines is 2. The zero-order valence-electron chi connectivity index (χ0n) is 16.3. The van der Waals surface area contributed by atoms with Gasteiger partial charge >= 0.3 is 6.03 Å². The Balaban J connectivity index is 1.41. The van der Waals surface area contributed by atoms with Crippen molar-refractivity contribution in [1.82, 2.24) is 15.3 Å². The number of nitrogens with zero attached hydrogens (tertiary/aromatic N) is 3. The number of morpholine rings is 1. The van der Waals surface area contributed by atoms with E-state index in [-0.39, 0.29) is 18.8 Å². The van der Waals surface area contributed by atoms with E-state index in [0.29, 0.717) is 11.5 Å². The van der Waals surface area contributed by atoms with Gasteiger partial charge in [0.15, 0.2) is 11.6 Å². The van der Waals surface area contributed by atoms with Gasteiger partial charge in [0.1, 0.15) is 6.67 Å². The summed E-state index contributed by atoms with van der Waals surface area (Å²) >= 11 is 1.66. The summed E-state index contributed by atoms with van der Waals surface area (Å²) < 4.78 is 19.3. The molecule has 2 saturated heterocycles. The summed E-state index contributed by atoms with van der Waals surface area (Å²) in [6, 6.07) is 8.94. The topological polar surface area (TPSA) is 79.4 Å². The van der Waals surface area contributed by atoms with Crippen molar-refractivity contribution in [1.29, 1.82) is 0 Å². The Bertz CT molecular complexity index is 1050.